The van der Waals surface area contributed by atoms with Crippen LogP contribution in [0.15, 0.2) is 0 Å². The Morgan fingerprint density at radius 3 is 1.96 bits per heavy atom. The van der Waals surface area contributed by atoms with Gasteiger partial charge in [0.1, 0.15) is 0 Å². The van der Waals surface area contributed by atoms with Gasteiger partial charge < -0.3 is 4.90 Å². The first kappa shape index (κ1) is 17.8. The number of nitrogens with zero attached hydrogens (tertiary/aromatic N) is 1. The zero-order valence-corrected chi connectivity index (χ0v) is 15.8. The SMILES string of the molecule is CC(=O)N1CCC(C(=O)NNC(=O)CC23CC4CC(CC(C4)C2)C3)CC1. The molecule has 144 valence electrons. The Balaban J connectivity index is 1.23. The number of rotatable bonds is 3. The molecule has 0 aromatic heterocycles. The first-order valence-electron chi connectivity index (χ1n) is 10.3. The van der Waals surface area contributed by atoms with Crippen LogP contribution < -0.4 is 10.9 Å². The molecular formula is C20H31N3O3. The van der Waals surface area contributed by atoms with Crippen LogP contribution in [0.5, 0.6) is 0 Å². The summed E-state index contributed by atoms with van der Waals surface area (Å²) in [6.45, 7) is 2.80. The summed E-state index contributed by atoms with van der Waals surface area (Å²) in [6, 6.07) is 0. The van der Waals surface area contributed by atoms with Crippen molar-refractivity contribution >= 4 is 17.7 Å². The Kier molecular flexibility index (Phi) is 4.70. The van der Waals surface area contributed by atoms with Crippen molar-refractivity contribution in [1.29, 1.82) is 0 Å². The van der Waals surface area contributed by atoms with Crippen LogP contribution in [0.3, 0.4) is 0 Å². The molecule has 1 aliphatic heterocycles. The molecule has 0 unspecified atom stereocenters. The third-order valence-corrected chi connectivity index (χ3v) is 7.34. The van der Waals surface area contributed by atoms with Crippen LogP contribution in [0.1, 0.15) is 64.7 Å². The summed E-state index contributed by atoms with van der Waals surface area (Å²) >= 11 is 0. The zero-order chi connectivity index (χ0) is 18.3. The maximum Gasteiger partial charge on any atom is 0.241 e. The van der Waals surface area contributed by atoms with Gasteiger partial charge in [-0.3, -0.25) is 25.2 Å². The van der Waals surface area contributed by atoms with Gasteiger partial charge in [0.05, 0.1) is 0 Å². The molecule has 0 atom stereocenters. The Morgan fingerprint density at radius 2 is 1.46 bits per heavy atom. The Morgan fingerprint density at radius 1 is 0.923 bits per heavy atom. The van der Waals surface area contributed by atoms with E-state index in [1.54, 1.807) is 11.8 Å². The van der Waals surface area contributed by atoms with E-state index in [4.69, 9.17) is 0 Å². The summed E-state index contributed by atoms with van der Waals surface area (Å²) in [5, 5.41) is 0. The minimum Gasteiger partial charge on any atom is -0.343 e. The lowest BCUT2D eigenvalue weighted by atomic mass is 9.49. The van der Waals surface area contributed by atoms with Gasteiger partial charge in [-0.1, -0.05) is 0 Å². The highest BCUT2D eigenvalue weighted by Crippen LogP contribution is 2.61. The average Bonchev–Trinajstić information content (AvgIpc) is 2.58. The van der Waals surface area contributed by atoms with Gasteiger partial charge in [0.25, 0.3) is 0 Å². The molecule has 3 amide bonds. The number of hydrogen-bond donors (Lipinski definition) is 2. The molecule has 4 saturated carbocycles. The number of hydrogen-bond acceptors (Lipinski definition) is 3. The molecule has 6 nitrogen and oxygen atoms in total. The summed E-state index contributed by atoms with van der Waals surface area (Å²) in [5.74, 6) is 2.27. The molecule has 1 heterocycles. The number of piperidine rings is 1. The largest absolute Gasteiger partial charge is 0.343 e. The fraction of sp³-hybridized carbons (Fsp3) is 0.850. The van der Waals surface area contributed by atoms with Crippen LogP contribution in [-0.2, 0) is 14.4 Å². The number of nitrogens with one attached hydrogen (secondary N) is 2. The number of carbonyl (C=O) groups excluding carboxylic acids is 3. The number of likely N-dealkylation sites (tertiary alicyclic amines) is 1. The van der Waals surface area contributed by atoms with E-state index in [2.05, 4.69) is 10.9 Å². The number of carbonyl (C=O) groups is 3. The normalized spacial score (nSPS) is 36.0. The molecule has 26 heavy (non-hydrogen) atoms. The minimum absolute atomic E-state index is 0.0403. The van der Waals surface area contributed by atoms with Crippen molar-refractivity contribution in [2.24, 2.45) is 29.1 Å². The molecule has 0 aromatic rings. The van der Waals surface area contributed by atoms with Crippen LogP contribution in [0.4, 0.5) is 0 Å². The summed E-state index contributed by atoms with van der Waals surface area (Å²) in [5.41, 5.74) is 5.50. The van der Waals surface area contributed by atoms with Crippen LogP contribution in [-0.4, -0.2) is 35.7 Å². The average molecular weight is 361 g/mol. The third-order valence-electron chi connectivity index (χ3n) is 7.34. The molecule has 2 N–H and O–H groups in total. The molecule has 5 rings (SSSR count). The van der Waals surface area contributed by atoms with Crippen molar-refractivity contribution < 1.29 is 14.4 Å². The smallest absolute Gasteiger partial charge is 0.241 e. The second-order valence-corrected chi connectivity index (χ2v) is 9.41. The number of amides is 3. The quantitative estimate of drug-likeness (QED) is 0.755. The van der Waals surface area contributed by atoms with Crippen LogP contribution in [0.25, 0.3) is 0 Å². The molecule has 0 aromatic carbocycles. The van der Waals surface area contributed by atoms with Gasteiger partial charge in [-0.15, -0.1) is 0 Å². The lowest BCUT2D eigenvalue weighted by molar-refractivity contribution is -0.137. The van der Waals surface area contributed by atoms with Gasteiger partial charge >= 0.3 is 0 Å². The highest BCUT2D eigenvalue weighted by atomic mass is 16.2. The van der Waals surface area contributed by atoms with Crippen LogP contribution >= 0.6 is 0 Å². The van der Waals surface area contributed by atoms with E-state index >= 15 is 0 Å². The van der Waals surface area contributed by atoms with E-state index < -0.39 is 0 Å². The summed E-state index contributed by atoms with van der Waals surface area (Å²) in [6.07, 6.45) is 9.59. The standard InChI is InChI=1S/C20H31N3O3/c1-13(24)23-4-2-17(3-5-23)19(26)22-21-18(25)12-20-9-14-6-15(10-20)8-16(7-14)11-20/h14-17H,2-12H2,1H3,(H,21,25)(H,22,26). The van der Waals surface area contributed by atoms with E-state index in [-0.39, 0.29) is 29.1 Å². The van der Waals surface area contributed by atoms with Gasteiger partial charge in [0.15, 0.2) is 0 Å². The molecule has 0 spiro atoms. The van der Waals surface area contributed by atoms with Crippen LogP contribution in [0, 0.1) is 29.1 Å². The van der Waals surface area contributed by atoms with E-state index in [0.29, 0.717) is 32.4 Å². The first-order chi connectivity index (χ1) is 12.4. The van der Waals surface area contributed by atoms with Crippen LogP contribution in [0.2, 0.25) is 0 Å². The van der Waals surface area contributed by atoms with Gasteiger partial charge in [0.2, 0.25) is 17.7 Å². The molecule has 0 radical (unpaired) electrons. The Hall–Kier alpha value is -1.59. The van der Waals surface area contributed by atoms with E-state index in [1.165, 1.54) is 38.5 Å². The maximum absolute atomic E-state index is 12.5. The topological polar surface area (TPSA) is 78.5 Å². The lowest BCUT2D eigenvalue weighted by Crippen LogP contribution is -2.51. The molecule has 1 saturated heterocycles. The van der Waals surface area contributed by atoms with Crippen molar-refractivity contribution in [2.75, 3.05) is 13.1 Å². The van der Waals surface area contributed by atoms with E-state index in [0.717, 1.165) is 17.8 Å². The highest BCUT2D eigenvalue weighted by Gasteiger charge is 2.51. The number of hydrazine groups is 1. The predicted octanol–water partition coefficient (Wildman–Crippen LogP) is 2.00. The van der Waals surface area contributed by atoms with Gasteiger partial charge in [-0.2, -0.15) is 0 Å². The maximum atomic E-state index is 12.5. The lowest BCUT2D eigenvalue weighted by Gasteiger charge is -2.56. The van der Waals surface area contributed by atoms with Crippen molar-refractivity contribution in [3.63, 3.8) is 0 Å². The molecule has 5 fully saturated rings. The monoisotopic (exact) mass is 361 g/mol. The molecule has 4 bridgehead atoms. The highest BCUT2D eigenvalue weighted by molar-refractivity contribution is 5.84. The van der Waals surface area contributed by atoms with Crippen molar-refractivity contribution in [3.05, 3.63) is 0 Å². The zero-order valence-electron chi connectivity index (χ0n) is 15.8. The molecule has 4 aliphatic carbocycles. The van der Waals surface area contributed by atoms with Gasteiger partial charge in [-0.05, 0) is 74.5 Å². The first-order valence-corrected chi connectivity index (χ1v) is 10.3. The van der Waals surface area contributed by atoms with Crippen molar-refractivity contribution in [3.8, 4) is 0 Å². The third kappa shape index (κ3) is 3.60. The molecule has 5 aliphatic rings. The van der Waals surface area contributed by atoms with Gasteiger partial charge in [0, 0.05) is 32.4 Å². The Bertz CT molecular complexity index is 560. The second kappa shape index (κ2) is 6.86. The summed E-state index contributed by atoms with van der Waals surface area (Å²) in [4.78, 5) is 37.9. The second-order valence-electron chi connectivity index (χ2n) is 9.41. The Labute approximate surface area is 155 Å². The van der Waals surface area contributed by atoms with Crippen molar-refractivity contribution in [2.45, 2.75) is 64.7 Å². The fourth-order valence-electron chi connectivity index (χ4n) is 6.58. The summed E-state index contributed by atoms with van der Waals surface area (Å²) < 4.78 is 0. The fourth-order valence-corrected chi connectivity index (χ4v) is 6.58. The minimum atomic E-state index is -0.120. The summed E-state index contributed by atoms with van der Waals surface area (Å²) in [7, 11) is 0. The van der Waals surface area contributed by atoms with E-state index in [1.807, 2.05) is 0 Å². The van der Waals surface area contributed by atoms with Crippen molar-refractivity contribution in [1.82, 2.24) is 15.8 Å². The predicted molar refractivity (Wildman–Crippen MR) is 96.5 cm³/mol. The molecule has 6 heteroatoms. The van der Waals surface area contributed by atoms with E-state index in [9.17, 15) is 14.4 Å². The molecular weight excluding hydrogens is 330 g/mol. The van der Waals surface area contributed by atoms with Gasteiger partial charge in [-0.25, -0.2) is 0 Å².